The standard InChI is InChI=1S/C10H18N2O4/c1-10(2,8(13)15-3)6-12-5-7(4-11)16-9(12)14/h7H,4-6,11H2,1-3H3. The minimum Gasteiger partial charge on any atom is -0.469 e. The van der Waals surface area contributed by atoms with Crippen LogP contribution in [-0.2, 0) is 14.3 Å². The number of carbonyl (C=O) groups excluding carboxylic acids is 2. The Morgan fingerprint density at radius 2 is 2.31 bits per heavy atom. The first kappa shape index (κ1) is 12.8. The maximum Gasteiger partial charge on any atom is 0.410 e. The molecule has 1 unspecified atom stereocenters. The average molecular weight is 230 g/mol. The molecule has 1 aliphatic heterocycles. The molecule has 2 N–H and O–H groups in total. The van der Waals surface area contributed by atoms with Gasteiger partial charge in [0.2, 0.25) is 0 Å². The lowest BCUT2D eigenvalue weighted by Gasteiger charge is -2.25. The van der Waals surface area contributed by atoms with Crippen LogP contribution in [0.3, 0.4) is 0 Å². The molecule has 1 fully saturated rings. The number of nitrogens with two attached hydrogens (primary N) is 1. The number of esters is 1. The van der Waals surface area contributed by atoms with Crippen molar-refractivity contribution < 1.29 is 19.1 Å². The molecule has 6 nitrogen and oxygen atoms in total. The minimum atomic E-state index is -0.739. The lowest BCUT2D eigenvalue weighted by molar-refractivity contribution is -0.151. The van der Waals surface area contributed by atoms with Crippen LogP contribution in [0.15, 0.2) is 0 Å². The zero-order chi connectivity index (χ0) is 12.3. The lowest BCUT2D eigenvalue weighted by Crippen LogP contribution is -2.40. The molecule has 16 heavy (non-hydrogen) atoms. The molecule has 0 spiro atoms. The van der Waals surface area contributed by atoms with Crippen LogP contribution in [0.4, 0.5) is 4.79 Å². The molecule has 0 aromatic carbocycles. The average Bonchev–Trinajstić information content (AvgIpc) is 2.57. The first-order valence-corrected chi connectivity index (χ1v) is 5.14. The summed E-state index contributed by atoms with van der Waals surface area (Å²) < 4.78 is 9.66. The van der Waals surface area contributed by atoms with Crippen LogP contribution in [0, 0.1) is 5.41 Å². The summed E-state index contributed by atoms with van der Waals surface area (Å²) in [6.45, 7) is 4.44. The molecule has 0 aliphatic carbocycles. The highest BCUT2D eigenvalue weighted by molar-refractivity contribution is 5.77. The van der Waals surface area contributed by atoms with E-state index in [0.29, 0.717) is 13.1 Å². The number of hydrogen-bond donors (Lipinski definition) is 1. The van der Waals surface area contributed by atoms with Crippen molar-refractivity contribution in [2.45, 2.75) is 20.0 Å². The van der Waals surface area contributed by atoms with E-state index in [-0.39, 0.29) is 18.6 Å². The summed E-state index contributed by atoms with van der Waals surface area (Å²) in [4.78, 5) is 24.4. The van der Waals surface area contributed by atoms with E-state index < -0.39 is 11.5 Å². The molecule has 1 saturated heterocycles. The highest BCUT2D eigenvalue weighted by atomic mass is 16.6. The number of carbonyl (C=O) groups is 2. The van der Waals surface area contributed by atoms with Crippen LogP contribution < -0.4 is 5.73 Å². The Kier molecular flexibility index (Phi) is 3.74. The number of cyclic esters (lactones) is 1. The number of amides is 1. The summed E-state index contributed by atoms with van der Waals surface area (Å²) >= 11 is 0. The predicted molar refractivity (Wildman–Crippen MR) is 56.7 cm³/mol. The molecule has 1 atom stereocenters. The van der Waals surface area contributed by atoms with E-state index in [1.807, 2.05) is 0 Å². The van der Waals surface area contributed by atoms with E-state index in [9.17, 15) is 9.59 Å². The van der Waals surface area contributed by atoms with Gasteiger partial charge in [0.05, 0.1) is 19.1 Å². The number of methoxy groups -OCH3 is 1. The summed E-state index contributed by atoms with van der Waals surface area (Å²) in [6, 6.07) is 0. The van der Waals surface area contributed by atoms with E-state index in [4.69, 9.17) is 10.5 Å². The van der Waals surface area contributed by atoms with Crippen molar-refractivity contribution in [3.05, 3.63) is 0 Å². The Labute approximate surface area is 94.7 Å². The molecule has 0 aromatic rings. The first-order chi connectivity index (χ1) is 7.40. The molecule has 0 aromatic heterocycles. The summed E-state index contributed by atoms with van der Waals surface area (Å²) in [5.74, 6) is -0.350. The van der Waals surface area contributed by atoms with Crippen LogP contribution in [0.25, 0.3) is 0 Å². The second-order valence-electron chi connectivity index (χ2n) is 4.50. The maximum absolute atomic E-state index is 11.5. The third kappa shape index (κ3) is 2.63. The fourth-order valence-electron chi connectivity index (χ4n) is 1.64. The quantitative estimate of drug-likeness (QED) is 0.685. The summed E-state index contributed by atoms with van der Waals surface area (Å²) in [7, 11) is 1.33. The molecule has 0 bridgehead atoms. The lowest BCUT2D eigenvalue weighted by atomic mass is 9.93. The van der Waals surface area contributed by atoms with Gasteiger partial charge in [0.1, 0.15) is 6.10 Å². The van der Waals surface area contributed by atoms with Gasteiger partial charge in [0, 0.05) is 13.1 Å². The highest BCUT2D eigenvalue weighted by Crippen LogP contribution is 2.22. The van der Waals surface area contributed by atoms with Crippen LogP contribution in [-0.4, -0.2) is 49.8 Å². The fourth-order valence-corrected chi connectivity index (χ4v) is 1.64. The molecule has 1 heterocycles. The van der Waals surface area contributed by atoms with Crippen molar-refractivity contribution in [3.8, 4) is 0 Å². The van der Waals surface area contributed by atoms with Gasteiger partial charge in [-0.2, -0.15) is 0 Å². The molecule has 6 heteroatoms. The first-order valence-electron chi connectivity index (χ1n) is 5.14. The summed E-state index contributed by atoms with van der Waals surface area (Å²) in [6.07, 6.45) is -0.701. The van der Waals surface area contributed by atoms with Crippen molar-refractivity contribution in [1.82, 2.24) is 4.90 Å². The van der Waals surface area contributed by atoms with Gasteiger partial charge in [-0.3, -0.25) is 4.79 Å². The maximum atomic E-state index is 11.5. The van der Waals surface area contributed by atoms with Gasteiger partial charge >= 0.3 is 12.1 Å². The van der Waals surface area contributed by atoms with Gasteiger partial charge in [-0.25, -0.2) is 4.79 Å². The van der Waals surface area contributed by atoms with E-state index in [0.717, 1.165) is 0 Å². The predicted octanol–water partition coefficient (Wildman–Crippen LogP) is -0.0349. The smallest absolute Gasteiger partial charge is 0.410 e. The zero-order valence-electron chi connectivity index (χ0n) is 9.86. The number of rotatable bonds is 4. The van der Waals surface area contributed by atoms with Crippen molar-refractivity contribution in [2.75, 3.05) is 26.7 Å². The van der Waals surface area contributed by atoms with Crippen LogP contribution in [0.1, 0.15) is 13.8 Å². The SMILES string of the molecule is COC(=O)C(C)(C)CN1CC(CN)OC1=O. The Balaban J connectivity index is 2.61. The van der Waals surface area contributed by atoms with Crippen LogP contribution in [0.2, 0.25) is 0 Å². The molecule has 1 rings (SSSR count). The van der Waals surface area contributed by atoms with Gasteiger partial charge in [-0.15, -0.1) is 0 Å². The summed E-state index contributed by atoms with van der Waals surface area (Å²) in [5.41, 5.74) is 4.67. The minimum absolute atomic E-state index is 0.273. The normalized spacial score (nSPS) is 20.9. The molecule has 1 amide bonds. The van der Waals surface area contributed by atoms with Gasteiger partial charge in [0.25, 0.3) is 0 Å². The van der Waals surface area contributed by atoms with Gasteiger partial charge < -0.3 is 20.1 Å². The van der Waals surface area contributed by atoms with Crippen molar-refractivity contribution in [1.29, 1.82) is 0 Å². The molecule has 1 aliphatic rings. The molecular weight excluding hydrogens is 212 g/mol. The second kappa shape index (κ2) is 4.69. The Bertz CT molecular complexity index is 291. The topological polar surface area (TPSA) is 81.9 Å². The van der Waals surface area contributed by atoms with Crippen molar-refractivity contribution in [2.24, 2.45) is 11.1 Å². The highest BCUT2D eigenvalue weighted by Gasteiger charge is 2.38. The number of hydrogen-bond acceptors (Lipinski definition) is 5. The van der Waals surface area contributed by atoms with Crippen LogP contribution >= 0.6 is 0 Å². The largest absolute Gasteiger partial charge is 0.469 e. The van der Waals surface area contributed by atoms with Gasteiger partial charge in [0.15, 0.2) is 0 Å². The van der Waals surface area contributed by atoms with E-state index in [1.54, 1.807) is 13.8 Å². The van der Waals surface area contributed by atoms with Crippen LogP contribution in [0.5, 0.6) is 0 Å². The van der Waals surface area contributed by atoms with E-state index in [2.05, 4.69) is 4.74 Å². The van der Waals surface area contributed by atoms with Gasteiger partial charge in [-0.05, 0) is 13.8 Å². The molecule has 92 valence electrons. The number of ether oxygens (including phenoxy) is 2. The van der Waals surface area contributed by atoms with Crippen molar-refractivity contribution in [3.63, 3.8) is 0 Å². The third-order valence-corrected chi connectivity index (χ3v) is 2.54. The zero-order valence-corrected chi connectivity index (χ0v) is 9.86. The molecule has 0 saturated carbocycles. The van der Waals surface area contributed by atoms with E-state index in [1.165, 1.54) is 12.0 Å². The monoisotopic (exact) mass is 230 g/mol. The van der Waals surface area contributed by atoms with Crippen molar-refractivity contribution >= 4 is 12.1 Å². The Morgan fingerprint density at radius 1 is 1.69 bits per heavy atom. The summed E-state index contributed by atoms with van der Waals surface area (Å²) in [5, 5.41) is 0. The van der Waals surface area contributed by atoms with Gasteiger partial charge in [-0.1, -0.05) is 0 Å². The second-order valence-corrected chi connectivity index (χ2v) is 4.50. The Hall–Kier alpha value is -1.30. The Morgan fingerprint density at radius 3 is 2.75 bits per heavy atom. The fraction of sp³-hybridized carbons (Fsp3) is 0.800. The number of nitrogens with zero attached hydrogens (tertiary/aromatic N) is 1. The molecule has 0 radical (unpaired) electrons. The van der Waals surface area contributed by atoms with E-state index >= 15 is 0 Å². The molecular formula is C10H18N2O4. The third-order valence-electron chi connectivity index (χ3n) is 2.54.